The van der Waals surface area contributed by atoms with Crippen LogP contribution in [0, 0.1) is 13.8 Å². The first-order chi connectivity index (χ1) is 8.38. The lowest BCUT2D eigenvalue weighted by atomic mass is 9.94. The van der Waals surface area contributed by atoms with Gasteiger partial charge in [0.05, 0.1) is 11.7 Å². The summed E-state index contributed by atoms with van der Waals surface area (Å²) in [5, 5.41) is 37.2. The lowest BCUT2D eigenvalue weighted by molar-refractivity contribution is 0.00416. The fraction of sp³-hybridized carbons (Fsp3) is 0.462. The van der Waals surface area contributed by atoms with Crippen LogP contribution in [0.25, 0.3) is 0 Å². The summed E-state index contributed by atoms with van der Waals surface area (Å²) in [7, 11) is 0. The fourth-order valence-electron chi connectivity index (χ4n) is 2.02. The van der Waals surface area contributed by atoms with E-state index in [2.05, 4.69) is 0 Å². The molecular formula is C13H18O5. The zero-order valence-corrected chi connectivity index (χ0v) is 10.4. The molecule has 0 heterocycles. The lowest BCUT2D eigenvalue weighted by Crippen LogP contribution is -2.20. The molecule has 4 N–H and O–H groups in total. The number of carbonyl (C=O) groups is 1. The molecule has 0 saturated carbocycles. The molecule has 0 aromatic heterocycles. The van der Waals surface area contributed by atoms with E-state index in [9.17, 15) is 15.0 Å². The van der Waals surface area contributed by atoms with E-state index in [1.807, 2.05) is 0 Å². The van der Waals surface area contributed by atoms with Crippen molar-refractivity contribution in [2.75, 3.05) is 6.61 Å². The Labute approximate surface area is 105 Å². The van der Waals surface area contributed by atoms with Crippen LogP contribution in [0.1, 0.15) is 39.6 Å². The molecule has 18 heavy (non-hydrogen) atoms. The second-order valence-electron chi connectivity index (χ2n) is 4.36. The Hall–Kier alpha value is -1.43. The van der Waals surface area contributed by atoms with Crippen molar-refractivity contribution in [1.82, 2.24) is 0 Å². The molecule has 0 amide bonds. The molecule has 0 fully saturated rings. The van der Waals surface area contributed by atoms with E-state index in [-0.39, 0.29) is 18.6 Å². The van der Waals surface area contributed by atoms with Crippen molar-refractivity contribution in [1.29, 1.82) is 0 Å². The van der Waals surface area contributed by atoms with Gasteiger partial charge in [0.2, 0.25) is 0 Å². The van der Waals surface area contributed by atoms with Crippen LogP contribution in [0.3, 0.4) is 0 Å². The van der Waals surface area contributed by atoms with Crippen LogP contribution in [0.4, 0.5) is 0 Å². The Morgan fingerprint density at radius 2 is 1.72 bits per heavy atom. The molecule has 2 atom stereocenters. The predicted octanol–water partition coefficient (Wildman–Crippen LogP) is 0.778. The SMILES string of the molecule is Cc1cc(C(O)C(O)CCO)cc(C)c1C(=O)O. The van der Waals surface area contributed by atoms with E-state index >= 15 is 0 Å². The highest BCUT2D eigenvalue weighted by atomic mass is 16.4. The third kappa shape index (κ3) is 3.07. The summed E-state index contributed by atoms with van der Waals surface area (Å²) >= 11 is 0. The molecule has 2 unspecified atom stereocenters. The summed E-state index contributed by atoms with van der Waals surface area (Å²) in [4.78, 5) is 11.0. The van der Waals surface area contributed by atoms with E-state index < -0.39 is 18.2 Å². The van der Waals surface area contributed by atoms with Gasteiger partial charge < -0.3 is 20.4 Å². The molecule has 1 rings (SSSR count). The minimum Gasteiger partial charge on any atom is -0.478 e. The van der Waals surface area contributed by atoms with E-state index in [0.717, 1.165) is 0 Å². The zero-order valence-electron chi connectivity index (χ0n) is 10.4. The molecule has 5 heteroatoms. The highest BCUT2D eigenvalue weighted by Gasteiger charge is 2.20. The molecule has 0 saturated heterocycles. The summed E-state index contributed by atoms with van der Waals surface area (Å²) in [5.41, 5.74) is 1.74. The lowest BCUT2D eigenvalue weighted by Gasteiger charge is -2.19. The van der Waals surface area contributed by atoms with Gasteiger partial charge in [-0.25, -0.2) is 4.79 Å². The number of aliphatic hydroxyl groups is 3. The predicted molar refractivity (Wildman–Crippen MR) is 65.5 cm³/mol. The molecule has 0 bridgehead atoms. The molecule has 1 aromatic carbocycles. The molecule has 0 aliphatic carbocycles. The number of hydrogen-bond donors (Lipinski definition) is 4. The van der Waals surface area contributed by atoms with Crippen molar-refractivity contribution in [3.05, 3.63) is 34.4 Å². The fourth-order valence-corrected chi connectivity index (χ4v) is 2.02. The highest BCUT2D eigenvalue weighted by Crippen LogP contribution is 2.24. The zero-order chi connectivity index (χ0) is 13.9. The quantitative estimate of drug-likeness (QED) is 0.622. The summed E-state index contributed by atoms with van der Waals surface area (Å²) < 4.78 is 0. The van der Waals surface area contributed by atoms with Crippen LogP contribution in [0.2, 0.25) is 0 Å². The number of carboxylic acid groups (broad SMARTS) is 1. The average molecular weight is 254 g/mol. The van der Waals surface area contributed by atoms with Crippen LogP contribution < -0.4 is 0 Å². The van der Waals surface area contributed by atoms with Gasteiger partial charge in [0, 0.05) is 6.61 Å². The molecule has 1 aromatic rings. The van der Waals surface area contributed by atoms with Crippen molar-refractivity contribution in [2.24, 2.45) is 0 Å². The van der Waals surface area contributed by atoms with Crippen molar-refractivity contribution in [2.45, 2.75) is 32.5 Å². The van der Waals surface area contributed by atoms with Gasteiger partial charge in [0.15, 0.2) is 0 Å². The first kappa shape index (κ1) is 14.6. The van der Waals surface area contributed by atoms with Gasteiger partial charge in [-0.05, 0) is 37.0 Å². The van der Waals surface area contributed by atoms with Crippen molar-refractivity contribution >= 4 is 5.97 Å². The summed E-state index contributed by atoms with van der Waals surface area (Å²) in [5.74, 6) is -1.01. The first-order valence-corrected chi connectivity index (χ1v) is 5.70. The summed E-state index contributed by atoms with van der Waals surface area (Å²) in [6.45, 7) is 3.07. The highest BCUT2D eigenvalue weighted by molar-refractivity contribution is 5.91. The number of aromatic carboxylic acids is 1. The van der Waals surface area contributed by atoms with Crippen molar-refractivity contribution < 1.29 is 25.2 Å². The molecule has 0 radical (unpaired) electrons. The summed E-state index contributed by atoms with van der Waals surface area (Å²) in [6.07, 6.45) is -2.12. The minimum atomic E-state index is -1.13. The number of carboxylic acids is 1. The largest absolute Gasteiger partial charge is 0.478 e. The van der Waals surface area contributed by atoms with Gasteiger partial charge in [-0.15, -0.1) is 0 Å². The minimum absolute atomic E-state index is 0.0694. The van der Waals surface area contributed by atoms with Gasteiger partial charge in [-0.3, -0.25) is 0 Å². The Morgan fingerprint density at radius 3 is 2.11 bits per heavy atom. The monoisotopic (exact) mass is 254 g/mol. The molecule has 5 nitrogen and oxygen atoms in total. The van der Waals surface area contributed by atoms with E-state index in [1.54, 1.807) is 26.0 Å². The Kier molecular flexibility index (Phi) is 4.84. The third-order valence-corrected chi connectivity index (χ3v) is 2.90. The Bertz CT molecular complexity index is 418. The van der Waals surface area contributed by atoms with Crippen LogP contribution >= 0.6 is 0 Å². The topological polar surface area (TPSA) is 98.0 Å². The second-order valence-corrected chi connectivity index (χ2v) is 4.36. The van der Waals surface area contributed by atoms with Gasteiger partial charge >= 0.3 is 5.97 Å². The number of hydrogen-bond acceptors (Lipinski definition) is 4. The van der Waals surface area contributed by atoms with Crippen LogP contribution in [-0.4, -0.2) is 39.1 Å². The van der Waals surface area contributed by atoms with Gasteiger partial charge in [0.25, 0.3) is 0 Å². The molecule has 0 spiro atoms. The molecule has 0 aliphatic heterocycles. The smallest absolute Gasteiger partial charge is 0.336 e. The number of rotatable bonds is 5. The average Bonchev–Trinajstić information content (AvgIpc) is 2.26. The molecular weight excluding hydrogens is 236 g/mol. The standard InChI is InChI=1S/C13H18O5/c1-7-5-9(12(16)10(15)3-4-14)6-8(2)11(7)13(17)18/h5-6,10,12,14-16H,3-4H2,1-2H3,(H,17,18). The Morgan fingerprint density at radius 1 is 1.22 bits per heavy atom. The number of aliphatic hydroxyl groups excluding tert-OH is 3. The maximum atomic E-state index is 11.0. The maximum Gasteiger partial charge on any atom is 0.336 e. The van der Waals surface area contributed by atoms with E-state index in [4.69, 9.17) is 10.2 Å². The second kappa shape index (κ2) is 5.95. The third-order valence-electron chi connectivity index (χ3n) is 2.90. The molecule has 0 aliphatic rings. The number of aryl methyl sites for hydroxylation is 2. The van der Waals surface area contributed by atoms with Gasteiger partial charge in [-0.2, -0.15) is 0 Å². The molecule has 100 valence electrons. The van der Waals surface area contributed by atoms with E-state index in [0.29, 0.717) is 16.7 Å². The van der Waals surface area contributed by atoms with Crippen molar-refractivity contribution in [3.63, 3.8) is 0 Å². The Balaban J connectivity index is 3.10. The van der Waals surface area contributed by atoms with Crippen molar-refractivity contribution in [3.8, 4) is 0 Å². The van der Waals surface area contributed by atoms with Gasteiger partial charge in [0.1, 0.15) is 6.10 Å². The van der Waals surface area contributed by atoms with E-state index in [1.165, 1.54) is 0 Å². The summed E-state index contributed by atoms with van der Waals surface area (Å²) in [6, 6.07) is 3.09. The van der Waals surface area contributed by atoms with Gasteiger partial charge in [-0.1, -0.05) is 12.1 Å². The maximum absolute atomic E-state index is 11.0. The normalized spacial score (nSPS) is 14.3. The van der Waals surface area contributed by atoms with Crippen LogP contribution in [0.15, 0.2) is 12.1 Å². The number of benzene rings is 1. The van der Waals surface area contributed by atoms with Crippen LogP contribution in [-0.2, 0) is 0 Å². The van der Waals surface area contributed by atoms with Crippen LogP contribution in [0.5, 0.6) is 0 Å². The first-order valence-electron chi connectivity index (χ1n) is 5.70.